The van der Waals surface area contributed by atoms with Crippen LogP contribution in [0.25, 0.3) is 0 Å². The molecule has 180 valence electrons. The Bertz CT molecular complexity index is 581. The Morgan fingerprint density at radius 1 is 0.935 bits per heavy atom. The molecule has 3 fully saturated rings. The van der Waals surface area contributed by atoms with Crippen molar-refractivity contribution in [2.45, 2.75) is 109 Å². The van der Waals surface area contributed by atoms with E-state index >= 15 is 0 Å². The van der Waals surface area contributed by atoms with Crippen molar-refractivity contribution in [3.63, 3.8) is 0 Å². The van der Waals surface area contributed by atoms with Gasteiger partial charge < -0.3 is 42.7 Å². The lowest BCUT2D eigenvalue weighted by molar-refractivity contribution is -0.243. The van der Waals surface area contributed by atoms with Crippen LogP contribution in [-0.4, -0.2) is 87.2 Å². The van der Waals surface area contributed by atoms with Crippen LogP contribution in [0, 0.1) is 0 Å². The Labute approximate surface area is 184 Å². The molecule has 3 saturated heterocycles. The predicted octanol–water partition coefficient (Wildman–Crippen LogP) is 2.19. The van der Waals surface area contributed by atoms with Crippen molar-refractivity contribution in [1.29, 1.82) is 0 Å². The number of hydrogen-bond donors (Lipinski definition) is 0. The Balaban J connectivity index is 1.47. The van der Waals surface area contributed by atoms with Crippen molar-refractivity contribution in [3.05, 3.63) is 0 Å². The highest BCUT2D eigenvalue weighted by Gasteiger charge is 2.60. The van der Waals surface area contributed by atoms with Gasteiger partial charge in [-0.2, -0.15) is 0 Å². The van der Waals surface area contributed by atoms with Crippen LogP contribution in [0.3, 0.4) is 0 Å². The van der Waals surface area contributed by atoms with E-state index < -0.39 is 17.9 Å². The SMILES string of the molecule is CCOC(C)CC(CC=O)OCCOCC1OC2OC(C)(C)OC2C2OC(C)(C)OC12. The first kappa shape index (κ1) is 25.0. The Kier molecular flexibility index (Phi) is 8.48. The van der Waals surface area contributed by atoms with Gasteiger partial charge >= 0.3 is 0 Å². The molecule has 0 aromatic rings. The Morgan fingerprint density at radius 3 is 2.32 bits per heavy atom. The molecule has 0 bridgehead atoms. The largest absolute Gasteiger partial charge is 0.379 e. The van der Waals surface area contributed by atoms with E-state index in [0.29, 0.717) is 39.3 Å². The molecular formula is C22H38O9. The third kappa shape index (κ3) is 6.68. The zero-order chi connectivity index (χ0) is 22.6. The average molecular weight is 447 g/mol. The molecule has 7 atom stereocenters. The van der Waals surface area contributed by atoms with Gasteiger partial charge in [0.15, 0.2) is 17.9 Å². The maximum absolute atomic E-state index is 10.9. The zero-order valence-corrected chi connectivity index (χ0v) is 19.5. The molecule has 0 radical (unpaired) electrons. The summed E-state index contributed by atoms with van der Waals surface area (Å²) in [6, 6.07) is 0. The first-order chi connectivity index (χ1) is 14.6. The van der Waals surface area contributed by atoms with Gasteiger partial charge in [-0.3, -0.25) is 0 Å². The van der Waals surface area contributed by atoms with Gasteiger partial charge in [0, 0.05) is 13.0 Å². The van der Waals surface area contributed by atoms with Gasteiger partial charge in [0.05, 0.1) is 32.0 Å². The van der Waals surface area contributed by atoms with Crippen molar-refractivity contribution >= 4 is 6.29 Å². The Hall–Kier alpha value is -0.650. The van der Waals surface area contributed by atoms with Crippen molar-refractivity contribution in [2.75, 3.05) is 26.4 Å². The zero-order valence-electron chi connectivity index (χ0n) is 19.5. The van der Waals surface area contributed by atoms with Crippen molar-refractivity contribution in [3.8, 4) is 0 Å². The standard InChI is InChI=1S/C22H38O9/c1-7-25-14(2)12-15(8-9-23)26-11-10-24-13-16-17-18(29-21(3,4)28-17)19-20(27-16)31-22(5,6)30-19/h9,14-20H,7-8,10-13H2,1-6H3. The number of rotatable bonds is 12. The van der Waals surface area contributed by atoms with Gasteiger partial charge in [0.25, 0.3) is 0 Å². The first-order valence-electron chi connectivity index (χ1n) is 11.3. The van der Waals surface area contributed by atoms with Crippen LogP contribution in [-0.2, 0) is 42.7 Å². The molecule has 0 amide bonds. The van der Waals surface area contributed by atoms with Gasteiger partial charge in [0.1, 0.15) is 30.7 Å². The molecule has 9 heteroatoms. The number of hydrogen-bond acceptors (Lipinski definition) is 9. The average Bonchev–Trinajstić information content (AvgIpc) is 3.15. The molecule has 7 unspecified atom stereocenters. The molecule has 3 heterocycles. The highest BCUT2D eigenvalue weighted by molar-refractivity contribution is 5.50. The highest BCUT2D eigenvalue weighted by atomic mass is 16.9. The van der Waals surface area contributed by atoms with Crippen molar-refractivity contribution < 1.29 is 42.7 Å². The smallest absolute Gasteiger partial charge is 0.190 e. The molecule has 0 saturated carbocycles. The quantitative estimate of drug-likeness (QED) is 0.330. The minimum Gasteiger partial charge on any atom is -0.379 e. The summed E-state index contributed by atoms with van der Waals surface area (Å²) in [5, 5.41) is 0. The fraction of sp³-hybridized carbons (Fsp3) is 0.955. The van der Waals surface area contributed by atoms with E-state index in [-0.39, 0.29) is 36.6 Å². The van der Waals surface area contributed by atoms with Crippen LogP contribution in [0.5, 0.6) is 0 Å². The number of carbonyl (C=O) groups excluding carboxylic acids is 1. The normalized spacial score (nSPS) is 35.4. The van der Waals surface area contributed by atoms with E-state index in [9.17, 15) is 4.79 Å². The second-order valence-corrected chi connectivity index (χ2v) is 9.18. The van der Waals surface area contributed by atoms with Gasteiger partial charge in [0.2, 0.25) is 0 Å². The van der Waals surface area contributed by atoms with Crippen LogP contribution in [0.4, 0.5) is 0 Å². The number of carbonyl (C=O) groups is 1. The highest BCUT2D eigenvalue weighted by Crippen LogP contribution is 2.44. The van der Waals surface area contributed by atoms with Crippen LogP contribution in [0.2, 0.25) is 0 Å². The lowest BCUT2D eigenvalue weighted by atomic mass is 9.99. The molecule has 0 spiro atoms. The van der Waals surface area contributed by atoms with Crippen molar-refractivity contribution in [2.24, 2.45) is 0 Å². The third-order valence-corrected chi connectivity index (χ3v) is 5.52. The predicted molar refractivity (Wildman–Crippen MR) is 109 cm³/mol. The molecule has 3 rings (SSSR count). The van der Waals surface area contributed by atoms with E-state index in [2.05, 4.69) is 0 Å². The van der Waals surface area contributed by atoms with Gasteiger partial charge in [-0.25, -0.2) is 0 Å². The fourth-order valence-electron chi connectivity index (χ4n) is 4.36. The third-order valence-electron chi connectivity index (χ3n) is 5.52. The minimum atomic E-state index is -0.744. The molecule has 0 aromatic carbocycles. The van der Waals surface area contributed by atoms with Crippen LogP contribution in [0.15, 0.2) is 0 Å². The second-order valence-electron chi connectivity index (χ2n) is 9.18. The molecule has 3 aliphatic rings. The Morgan fingerprint density at radius 2 is 1.61 bits per heavy atom. The summed E-state index contributed by atoms with van der Waals surface area (Å²) < 4.78 is 47.4. The first-order valence-corrected chi connectivity index (χ1v) is 11.3. The van der Waals surface area contributed by atoms with E-state index in [1.165, 1.54) is 0 Å². The van der Waals surface area contributed by atoms with E-state index in [4.69, 9.17) is 37.9 Å². The summed E-state index contributed by atoms with van der Waals surface area (Å²) in [6.45, 7) is 13.1. The van der Waals surface area contributed by atoms with Gasteiger partial charge in [-0.15, -0.1) is 0 Å². The minimum absolute atomic E-state index is 0.0390. The van der Waals surface area contributed by atoms with E-state index in [1.54, 1.807) is 0 Å². The molecule has 3 aliphatic heterocycles. The molecule has 9 nitrogen and oxygen atoms in total. The molecular weight excluding hydrogens is 408 g/mol. The number of fused-ring (bicyclic) bond motifs is 3. The lowest BCUT2D eigenvalue weighted by Gasteiger charge is -2.37. The number of aldehydes is 1. The van der Waals surface area contributed by atoms with Gasteiger partial charge in [-0.1, -0.05) is 0 Å². The van der Waals surface area contributed by atoms with Crippen LogP contribution < -0.4 is 0 Å². The van der Waals surface area contributed by atoms with Crippen LogP contribution in [0.1, 0.15) is 54.4 Å². The summed E-state index contributed by atoms with van der Waals surface area (Å²) in [7, 11) is 0. The maximum atomic E-state index is 10.9. The van der Waals surface area contributed by atoms with Crippen molar-refractivity contribution in [1.82, 2.24) is 0 Å². The van der Waals surface area contributed by atoms with E-state index in [0.717, 1.165) is 6.29 Å². The summed E-state index contributed by atoms with van der Waals surface area (Å²) >= 11 is 0. The molecule has 0 aromatic heterocycles. The fourth-order valence-corrected chi connectivity index (χ4v) is 4.36. The monoisotopic (exact) mass is 446 g/mol. The topological polar surface area (TPSA) is 90.9 Å². The molecule has 31 heavy (non-hydrogen) atoms. The van der Waals surface area contributed by atoms with Gasteiger partial charge in [-0.05, 0) is 48.0 Å². The number of ether oxygens (including phenoxy) is 8. The summed E-state index contributed by atoms with van der Waals surface area (Å²) in [6.07, 6.45) is -0.109. The van der Waals surface area contributed by atoms with Crippen LogP contribution >= 0.6 is 0 Å². The maximum Gasteiger partial charge on any atom is 0.190 e. The lowest BCUT2D eigenvalue weighted by Crippen LogP contribution is -2.56. The molecule has 0 N–H and O–H groups in total. The second kappa shape index (κ2) is 10.5. The summed E-state index contributed by atoms with van der Waals surface area (Å²) in [5.41, 5.74) is 0. The summed E-state index contributed by atoms with van der Waals surface area (Å²) in [5.74, 6) is -1.48. The summed E-state index contributed by atoms with van der Waals surface area (Å²) in [4.78, 5) is 10.9. The van der Waals surface area contributed by atoms with E-state index in [1.807, 2.05) is 41.5 Å². The molecule has 0 aliphatic carbocycles.